The van der Waals surface area contributed by atoms with Gasteiger partial charge in [-0.1, -0.05) is 48.5 Å². The highest BCUT2D eigenvalue weighted by Crippen LogP contribution is 2.32. The van der Waals surface area contributed by atoms with E-state index in [1.54, 1.807) is 24.3 Å². The Bertz CT molecular complexity index is 1310. The molecule has 0 radical (unpaired) electrons. The second-order valence-electron chi connectivity index (χ2n) is 8.35. The Morgan fingerprint density at radius 3 is 2.42 bits per heavy atom. The van der Waals surface area contributed by atoms with Crippen LogP contribution in [0.1, 0.15) is 34.1 Å². The Labute approximate surface area is 206 Å². The molecule has 0 bridgehead atoms. The number of alkyl halides is 3. The Morgan fingerprint density at radius 2 is 1.75 bits per heavy atom. The Hall–Kier alpha value is -4.07. The van der Waals surface area contributed by atoms with Crippen LogP contribution in [0.5, 0.6) is 5.75 Å². The van der Waals surface area contributed by atoms with Crippen molar-refractivity contribution < 1.29 is 32.2 Å². The predicted molar refractivity (Wildman–Crippen MR) is 128 cm³/mol. The van der Waals surface area contributed by atoms with Crippen molar-refractivity contribution >= 4 is 5.97 Å². The lowest BCUT2D eigenvalue weighted by Crippen LogP contribution is -2.16. The van der Waals surface area contributed by atoms with E-state index in [0.717, 1.165) is 29.2 Å². The molecule has 1 aromatic heterocycles. The van der Waals surface area contributed by atoms with Gasteiger partial charge in [-0.2, -0.15) is 13.2 Å². The summed E-state index contributed by atoms with van der Waals surface area (Å²) in [6.45, 7) is 2.22. The van der Waals surface area contributed by atoms with Crippen molar-refractivity contribution in [3.63, 3.8) is 0 Å². The molecule has 3 aromatic carbocycles. The summed E-state index contributed by atoms with van der Waals surface area (Å²) in [4.78, 5) is 16.4. The van der Waals surface area contributed by atoms with Crippen LogP contribution in [0.25, 0.3) is 11.5 Å². The molecule has 0 amide bonds. The maximum atomic E-state index is 13.0. The maximum absolute atomic E-state index is 13.0. The van der Waals surface area contributed by atoms with Crippen LogP contribution >= 0.6 is 0 Å². The van der Waals surface area contributed by atoms with Gasteiger partial charge in [-0.25, -0.2) is 4.98 Å². The number of ether oxygens (including phenoxy) is 1. The number of hydrogen-bond donors (Lipinski definition) is 1. The minimum absolute atomic E-state index is 0.0529. The summed E-state index contributed by atoms with van der Waals surface area (Å²) in [5.74, 6) is -0.419. The minimum atomic E-state index is -4.54. The molecule has 0 spiro atoms. The molecule has 1 atom stereocenters. The first-order chi connectivity index (χ1) is 17.2. The summed E-state index contributed by atoms with van der Waals surface area (Å²) >= 11 is 0. The van der Waals surface area contributed by atoms with Crippen molar-refractivity contribution in [2.45, 2.75) is 31.9 Å². The number of carbonyl (C=O) groups is 1. The molecule has 0 fully saturated rings. The molecule has 4 rings (SSSR count). The van der Waals surface area contributed by atoms with Crippen LogP contribution in [0.4, 0.5) is 13.2 Å². The van der Waals surface area contributed by atoms with Gasteiger partial charge in [-0.05, 0) is 54.8 Å². The van der Waals surface area contributed by atoms with E-state index in [4.69, 9.17) is 9.15 Å². The molecule has 36 heavy (non-hydrogen) atoms. The van der Waals surface area contributed by atoms with Crippen LogP contribution < -0.4 is 4.74 Å². The number of nitrogens with zero attached hydrogens (tertiary/aromatic N) is 1. The lowest BCUT2D eigenvalue weighted by Gasteiger charge is -2.15. The lowest BCUT2D eigenvalue weighted by molar-refractivity contribution is -0.140. The van der Waals surface area contributed by atoms with Crippen molar-refractivity contribution in [3.8, 4) is 17.2 Å². The average Bonchev–Trinajstić information content (AvgIpc) is 3.23. The van der Waals surface area contributed by atoms with Gasteiger partial charge in [0, 0.05) is 12.0 Å². The fraction of sp³-hybridized carbons (Fsp3) is 0.214. The van der Waals surface area contributed by atoms with E-state index < -0.39 is 23.6 Å². The Morgan fingerprint density at radius 1 is 1.03 bits per heavy atom. The molecule has 5 nitrogen and oxygen atoms in total. The average molecular weight is 495 g/mol. The van der Waals surface area contributed by atoms with Crippen molar-refractivity contribution in [2.24, 2.45) is 0 Å². The number of aryl methyl sites for hydroxylation is 1. The van der Waals surface area contributed by atoms with Gasteiger partial charge in [0.2, 0.25) is 5.89 Å². The number of carboxylic acid groups (broad SMARTS) is 1. The Kier molecular flexibility index (Phi) is 7.43. The van der Waals surface area contributed by atoms with Crippen LogP contribution in [0.15, 0.2) is 83.3 Å². The highest BCUT2D eigenvalue weighted by molar-refractivity contribution is 5.76. The zero-order valence-electron chi connectivity index (χ0n) is 19.5. The van der Waals surface area contributed by atoms with Gasteiger partial charge in [0.15, 0.2) is 0 Å². The molecule has 0 saturated heterocycles. The van der Waals surface area contributed by atoms with Crippen molar-refractivity contribution in [1.29, 1.82) is 0 Å². The molecule has 0 aliphatic heterocycles. The number of hydrogen-bond acceptors (Lipinski definition) is 4. The molecule has 1 heterocycles. The number of aromatic nitrogens is 1. The molecular weight excluding hydrogens is 471 g/mol. The monoisotopic (exact) mass is 495 g/mol. The number of oxazole rings is 1. The molecule has 0 aliphatic carbocycles. The highest BCUT2D eigenvalue weighted by atomic mass is 19.4. The molecular formula is C28H24F3NO4. The van der Waals surface area contributed by atoms with Gasteiger partial charge >= 0.3 is 12.1 Å². The molecule has 0 aliphatic rings. The molecule has 8 heteroatoms. The van der Waals surface area contributed by atoms with Crippen LogP contribution in [-0.4, -0.2) is 22.7 Å². The molecule has 1 unspecified atom stereocenters. The second kappa shape index (κ2) is 10.7. The van der Waals surface area contributed by atoms with Gasteiger partial charge in [-0.15, -0.1) is 0 Å². The third-order valence-corrected chi connectivity index (χ3v) is 5.80. The van der Waals surface area contributed by atoms with Crippen LogP contribution in [0, 0.1) is 6.92 Å². The minimum Gasteiger partial charge on any atom is -0.493 e. The zero-order valence-corrected chi connectivity index (χ0v) is 19.5. The van der Waals surface area contributed by atoms with Crippen molar-refractivity contribution in [1.82, 2.24) is 4.98 Å². The lowest BCUT2D eigenvalue weighted by atomic mass is 9.91. The van der Waals surface area contributed by atoms with Gasteiger partial charge < -0.3 is 14.3 Å². The van der Waals surface area contributed by atoms with Crippen LogP contribution in [0.2, 0.25) is 0 Å². The fourth-order valence-electron chi connectivity index (χ4n) is 3.87. The van der Waals surface area contributed by atoms with Gasteiger partial charge in [0.25, 0.3) is 0 Å². The summed E-state index contributed by atoms with van der Waals surface area (Å²) in [7, 11) is 0. The van der Waals surface area contributed by atoms with Crippen molar-refractivity contribution in [3.05, 3.63) is 107 Å². The number of rotatable bonds is 9. The first kappa shape index (κ1) is 25.0. The summed E-state index contributed by atoms with van der Waals surface area (Å²) in [6, 6.07) is 20.9. The SMILES string of the molecule is Cc1oc(-c2ccccc2)nc1CCOc1ccc(CC(C(=O)O)c2cccc(C(F)(F)F)c2)cc1. The standard InChI is InChI=1S/C28H24F3NO4/c1-18-25(32-26(36-18)20-6-3-2-4-7-20)14-15-35-23-12-10-19(11-13-23)16-24(27(33)34)21-8-5-9-22(17-21)28(29,30)31/h2-13,17,24H,14-16H2,1H3,(H,33,34). The van der Waals surface area contributed by atoms with Gasteiger partial charge in [0.05, 0.1) is 23.8 Å². The van der Waals surface area contributed by atoms with E-state index in [1.165, 1.54) is 12.1 Å². The first-order valence-corrected chi connectivity index (χ1v) is 11.3. The van der Waals surface area contributed by atoms with E-state index in [-0.39, 0.29) is 12.0 Å². The number of halogens is 3. The smallest absolute Gasteiger partial charge is 0.416 e. The number of benzene rings is 3. The normalized spacial score (nSPS) is 12.3. The molecule has 186 valence electrons. The highest BCUT2D eigenvalue weighted by Gasteiger charge is 2.32. The summed E-state index contributed by atoms with van der Waals surface area (Å²) < 4.78 is 50.7. The van der Waals surface area contributed by atoms with E-state index in [2.05, 4.69) is 4.98 Å². The topological polar surface area (TPSA) is 72.6 Å². The van der Waals surface area contributed by atoms with Gasteiger partial charge in [0.1, 0.15) is 11.5 Å². The quantitative estimate of drug-likeness (QED) is 0.280. The van der Waals surface area contributed by atoms with Crippen molar-refractivity contribution in [2.75, 3.05) is 6.61 Å². The predicted octanol–water partition coefficient (Wildman–Crippen LogP) is 6.70. The zero-order chi connectivity index (χ0) is 25.7. The molecule has 1 N–H and O–H groups in total. The summed E-state index contributed by atoms with van der Waals surface area (Å²) in [6.07, 6.45) is -3.94. The number of carboxylic acids is 1. The van der Waals surface area contributed by atoms with E-state index >= 15 is 0 Å². The molecule has 4 aromatic rings. The first-order valence-electron chi connectivity index (χ1n) is 11.3. The van der Waals surface area contributed by atoms with Crippen LogP contribution in [-0.2, 0) is 23.8 Å². The number of aliphatic carboxylic acids is 1. The van der Waals surface area contributed by atoms with Crippen LogP contribution in [0.3, 0.4) is 0 Å². The van der Waals surface area contributed by atoms with E-state index in [0.29, 0.717) is 30.2 Å². The second-order valence-corrected chi connectivity index (χ2v) is 8.35. The summed E-state index contributed by atoms with van der Waals surface area (Å²) in [5.41, 5.74) is 1.61. The molecule has 0 saturated carbocycles. The summed E-state index contributed by atoms with van der Waals surface area (Å²) in [5, 5.41) is 9.64. The largest absolute Gasteiger partial charge is 0.493 e. The third kappa shape index (κ3) is 6.13. The third-order valence-electron chi connectivity index (χ3n) is 5.80. The van der Waals surface area contributed by atoms with Gasteiger partial charge in [-0.3, -0.25) is 4.79 Å². The maximum Gasteiger partial charge on any atom is 0.416 e. The fourth-order valence-corrected chi connectivity index (χ4v) is 3.87. The Balaban J connectivity index is 1.36. The van der Waals surface area contributed by atoms with E-state index in [1.807, 2.05) is 37.3 Å². The van der Waals surface area contributed by atoms with E-state index in [9.17, 15) is 23.1 Å².